The van der Waals surface area contributed by atoms with Crippen LogP contribution in [0.5, 0.6) is 0 Å². The van der Waals surface area contributed by atoms with Crippen molar-refractivity contribution >= 4 is 29.4 Å². The highest BCUT2D eigenvalue weighted by molar-refractivity contribution is 8.00. The van der Waals surface area contributed by atoms with Gasteiger partial charge in [-0.1, -0.05) is 11.2 Å². The normalized spacial score (nSPS) is 11.8. The Labute approximate surface area is 110 Å². The van der Waals surface area contributed by atoms with Gasteiger partial charge in [-0.3, -0.25) is 0 Å². The van der Waals surface area contributed by atoms with E-state index in [2.05, 4.69) is 5.16 Å². The van der Waals surface area contributed by atoms with Crippen LogP contribution >= 0.6 is 23.5 Å². The molecule has 6 heteroatoms. The fraction of sp³-hybridized carbons (Fsp3) is 0.364. The smallest absolute Gasteiger partial charge is 0.172 e. The van der Waals surface area contributed by atoms with Gasteiger partial charge in [-0.05, 0) is 18.4 Å². The zero-order valence-electron chi connectivity index (χ0n) is 9.84. The summed E-state index contributed by atoms with van der Waals surface area (Å²) in [5.74, 6) is 0.981. The molecule has 1 aromatic rings. The van der Waals surface area contributed by atoms with Gasteiger partial charge in [0.1, 0.15) is 0 Å². The highest BCUT2D eigenvalue weighted by Gasteiger charge is 2.12. The van der Waals surface area contributed by atoms with Crippen LogP contribution in [0.15, 0.2) is 33.1 Å². The summed E-state index contributed by atoms with van der Waals surface area (Å²) in [4.78, 5) is 2.01. The van der Waals surface area contributed by atoms with Crippen molar-refractivity contribution in [3.8, 4) is 0 Å². The van der Waals surface area contributed by atoms with Gasteiger partial charge in [0.2, 0.25) is 0 Å². The molecule has 0 unspecified atom stereocenters. The standard InChI is InChI=1S/C11H16N2O2S2/c1-15-6-7-17-9-5-3-4-8(16-2)10(9)11(12)13-14/h3-5,14H,6-7H2,1-2H3,(H2,12,13). The van der Waals surface area contributed by atoms with E-state index in [-0.39, 0.29) is 5.84 Å². The van der Waals surface area contributed by atoms with Gasteiger partial charge in [0.15, 0.2) is 5.84 Å². The maximum atomic E-state index is 8.82. The Morgan fingerprint density at radius 1 is 1.47 bits per heavy atom. The van der Waals surface area contributed by atoms with Crippen LogP contribution < -0.4 is 5.73 Å². The molecule has 0 aliphatic rings. The molecule has 0 atom stereocenters. The van der Waals surface area contributed by atoms with Crippen LogP contribution in [0.25, 0.3) is 0 Å². The van der Waals surface area contributed by atoms with Crippen LogP contribution in [-0.4, -0.2) is 36.8 Å². The molecule has 4 nitrogen and oxygen atoms in total. The fourth-order valence-electron chi connectivity index (χ4n) is 1.34. The third-order valence-electron chi connectivity index (χ3n) is 2.12. The number of amidine groups is 1. The molecule has 0 aromatic heterocycles. The first-order valence-corrected chi connectivity index (χ1v) is 7.22. The number of nitrogens with two attached hydrogens (primary N) is 1. The van der Waals surface area contributed by atoms with Crippen LogP contribution in [0.3, 0.4) is 0 Å². The Balaban J connectivity index is 3.02. The summed E-state index contributed by atoms with van der Waals surface area (Å²) in [5, 5.41) is 11.9. The summed E-state index contributed by atoms with van der Waals surface area (Å²) >= 11 is 3.21. The number of hydrogen-bond donors (Lipinski definition) is 2. The van der Waals surface area contributed by atoms with Gasteiger partial charge in [-0.15, -0.1) is 23.5 Å². The van der Waals surface area contributed by atoms with Crippen LogP contribution in [-0.2, 0) is 4.74 Å². The lowest BCUT2D eigenvalue weighted by Gasteiger charge is -2.11. The van der Waals surface area contributed by atoms with Gasteiger partial charge in [0.05, 0.1) is 6.61 Å². The zero-order chi connectivity index (χ0) is 12.7. The zero-order valence-corrected chi connectivity index (χ0v) is 11.5. The number of oxime groups is 1. The molecule has 0 amide bonds. The molecular formula is C11H16N2O2S2. The van der Waals surface area contributed by atoms with Crippen molar-refractivity contribution in [1.29, 1.82) is 0 Å². The molecule has 0 spiro atoms. The molecule has 0 bridgehead atoms. The molecule has 0 fully saturated rings. The van der Waals surface area contributed by atoms with Crippen molar-refractivity contribution in [2.24, 2.45) is 10.9 Å². The SMILES string of the molecule is COCCSc1cccc(SC)c1/C(N)=N/O. The average molecular weight is 272 g/mol. The topological polar surface area (TPSA) is 67.8 Å². The van der Waals surface area contributed by atoms with Gasteiger partial charge in [-0.2, -0.15) is 0 Å². The minimum Gasteiger partial charge on any atom is -0.409 e. The molecule has 0 saturated heterocycles. The molecule has 0 aliphatic carbocycles. The summed E-state index contributed by atoms with van der Waals surface area (Å²) in [6, 6.07) is 5.89. The minimum absolute atomic E-state index is 0.148. The predicted molar refractivity (Wildman–Crippen MR) is 73.3 cm³/mol. The monoisotopic (exact) mass is 272 g/mol. The van der Waals surface area contributed by atoms with E-state index < -0.39 is 0 Å². The van der Waals surface area contributed by atoms with Crippen molar-refractivity contribution in [2.75, 3.05) is 25.7 Å². The first-order chi connectivity index (χ1) is 8.24. The molecule has 3 N–H and O–H groups in total. The maximum absolute atomic E-state index is 8.82. The number of nitrogens with zero attached hydrogens (tertiary/aromatic N) is 1. The van der Waals surface area contributed by atoms with Crippen LogP contribution in [0.4, 0.5) is 0 Å². The lowest BCUT2D eigenvalue weighted by atomic mass is 10.2. The number of thioether (sulfide) groups is 2. The van der Waals surface area contributed by atoms with E-state index in [1.807, 2.05) is 24.5 Å². The van der Waals surface area contributed by atoms with Crippen LogP contribution in [0.1, 0.15) is 5.56 Å². The first-order valence-electron chi connectivity index (χ1n) is 5.01. The van der Waals surface area contributed by atoms with Crippen molar-refractivity contribution in [3.63, 3.8) is 0 Å². The Morgan fingerprint density at radius 3 is 2.76 bits per heavy atom. The Kier molecular flexibility index (Phi) is 6.25. The molecular weight excluding hydrogens is 256 g/mol. The van der Waals surface area contributed by atoms with E-state index in [4.69, 9.17) is 15.7 Å². The largest absolute Gasteiger partial charge is 0.409 e. The van der Waals surface area contributed by atoms with E-state index in [0.717, 1.165) is 21.1 Å². The van der Waals surface area contributed by atoms with Gasteiger partial charge < -0.3 is 15.7 Å². The summed E-state index contributed by atoms with van der Waals surface area (Å²) < 4.78 is 5.01. The molecule has 0 heterocycles. The number of benzene rings is 1. The number of hydrogen-bond acceptors (Lipinski definition) is 5. The number of rotatable bonds is 6. The third kappa shape index (κ3) is 3.83. The van der Waals surface area contributed by atoms with Crippen molar-refractivity contribution < 1.29 is 9.94 Å². The lowest BCUT2D eigenvalue weighted by molar-refractivity contribution is 0.218. The molecule has 0 radical (unpaired) electrons. The van der Waals surface area contributed by atoms with E-state index in [9.17, 15) is 0 Å². The second-order valence-corrected chi connectivity index (χ2v) is 5.14. The Bertz CT molecular complexity index is 397. The second-order valence-electron chi connectivity index (χ2n) is 3.16. The average Bonchev–Trinajstić information content (AvgIpc) is 2.37. The van der Waals surface area contributed by atoms with E-state index in [1.54, 1.807) is 30.6 Å². The number of methoxy groups -OCH3 is 1. The lowest BCUT2D eigenvalue weighted by Crippen LogP contribution is -2.15. The van der Waals surface area contributed by atoms with Crippen molar-refractivity contribution in [3.05, 3.63) is 23.8 Å². The molecule has 0 aliphatic heterocycles. The maximum Gasteiger partial charge on any atom is 0.172 e. The first kappa shape index (κ1) is 14.2. The quantitative estimate of drug-likeness (QED) is 0.208. The van der Waals surface area contributed by atoms with Gasteiger partial charge in [0.25, 0.3) is 0 Å². The van der Waals surface area contributed by atoms with Crippen LogP contribution in [0.2, 0.25) is 0 Å². The summed E-state index contributed by atoms with van der Waals surface area (Å²) in [5.41, 5.74) is 6.51. The number of ether oxygens (including phenoxy) is 1. The second kappa shape index (κ2) is 7.47. The van der Waals surface area contributed by atoms with Crippen molar-refractivity contribution in [2.45, 2.75) is 9.79 Å². The highest BCUT2D eigenvalue weighted by Crippen LogP contribution is 2.30. The molecule has 0 saturated carbocycles. The molecule has 94 valence electrons. The van der Waals surface area contributed by atoms with Gasteiger partial charge in [0, 0.05) is 28.2 Å². The van der Waals surface area contributed by atoms with Gasteiger partial charge in [-0.25, -0.2) is 0 Å². The highest BCUT2D eigenvalue weighted by atomic mass is 32.2. The van der Waals surface area contributed by atoms with Gasteiger partial charge >= 0.3 is 0 Å². The fourth-order valence-corrected chi connectivity index (χ4v) is 3.04. The predicted octanol–water partition coefficient (Wildman–Crippen LogP) is 2.24. The summed E-state index contributed by atoms with van der Waals surface area (Å²) in [7, 11) is 1.67. The summed E-state index contributed by atoms with van der Waals surface area (Å²) in [6.07, 6.45) is 1.97. The summed E-state index contributed by atoms with van der Waals surface area (Å²) in [6.45, 7) is 0.670. The Morgan fingerprint density at radius 2 is 2.18 bits per heavy atom. The molecule has 1 rings (SSSR count). The van der Waals surface area contributed by atoms with E-state index in [1.165, 1.54) is 0 Å². The van der Waals surface area contributed by atoms with Crippen LogP contribution in [0, 0.1) is 0 Å². The molecule has 17 heavy (non-hydrogen) atoms. The van der Waals surface area contributed by atoms with Crippen molar-refractivity contribution in [1.82, 2.24) is 0 Å². The van der Waals surface area contributed by atoms with E-state index >= 15 is 0 Å². The minimum atomic E-state index is 0.148. The van der Waals surface area contributed by atoms with E-state index in [0.29, 0.717) is 6.61 Å². The molecule has 1 aromatic carbocycles. The Hall–Kier alpha value is -0.850. The third-order valence-corrected chi connectivity index (χ3v) is 3.92.